The Labute approximate surface area is 112 Å². The van der Waals surface area contributed by atoms with E-state index in [2.05, 4.69) is 0 Å². The lowest BCUT2D eigenvalue weighted by molar-refractivity contribution is -0.285. The van der Waals surface area contributed by atoms with Crippen LogP contribution in [-0.2, 0) is 16.1 Å². The average molecular weight is 268 g/mol. The van der Waals surface area contributed by atoms with Gasteiger partial charge in [0, 0.05) is 5.92 Å². The molecule has 2 rings (SSSR count). The van der Waals surface area contributed by atoms with E-state index in [0.717, 1.165) is 5.56 Å². The minimum atomic E-state index is -1.09. The minimum absolute atomic E-state index is 0.351. The van der Waals surface area contributed by atoms with E-state index in [1.165, 1.54) is 0 Å². The molecule has 0 radical (unpaired) electrons. The van der Waals surface area contributed by atoms with Gasteiger partial charge in [0.2, 0.25) is 0 Å². The van der Waals surface area contributed by atoms with Gasteiger partial charge in [0.05, 0.1) is 19.3 Å². The normalized spacial score (nSPS) is 35.3. The molecule has 5 atom stereocenters. The summed E-state index contributed by atoms with van der Waals surface area (Å²) in [4.78, 5) is 0. The molecule has 1 aromatic carbocycles. The summed E-state index contributed by atoms with van der Waals surface area (Å²) < 4.78 is 11.1. The molecule has 19 heavy (non-hydrogen) atoms. The summed E-state index contributed by atoms with van der Waals surface area (Å²) >= 11 is 0. The number of aliphatic hydroxyl groups excluding tert-OH is 3. The molecule has 0 spiro atoms. The second-order valence-corrected chi connectivity index (χ2v) is 4.86. The molecule has 5 heteroatoms. The Kier molecular flexibility index (Phi) is 4.90. The number of hydrogen-bond donors (Lipinski definition) is 3. The SMILES string of the molecule is C[C@H]1C(O)[C@H](O)C(CO)O[C@H]1OCc1ccccc1. The maximum absolute atomic E-state index is 9.89. The average Bonchev–Trinajstić information content (AvgIpc) is 2.45. The molecule has 1 aromatic rings. The van der Waals surface area contributed by atoms with Crippen molar-refractivity contribution in [3.8, 4) is 0 Å². The zero-order valence-corrected chi connectivity index (χ0v) is 10.8. The lowest BCUT2D eigenvalue weighted by Gasteiger charge is -2.40. The zero-order valence-electron chi connectivity index (χ0n) is 10.8. The van der Waals surface area contributed by atoms with Crippen LogP contribution < -0.4 is 0 Å². The van der Waals surface area contributed by atoms with Crippen LogP contribution in [0, 0.1) is 5.92 Å². The van der Waals surface area contributed by atoms with Crippen molar-refractivity contribution in [1.29, 1.82) is 0 Å². The van der Waals surface area contributed by atoms with Crippen LogP contribution in [-0.4, -0.2) is 46.5 Å². The largest absolute Gasteiger partial charge is 0.394 e. The van der Waals surface area contributed by atoms with E-state index in [4.69, 9.17) is 14.6 Å². The van der Waals surface area contributed by atoms with Gasteiger partial charge < -0.3 is 24.8 Å². The third kappa shape index (κ3) is 3.32. The van der Waals surface area contributed by atoms with E-state index < -0.39 is 24.6 Å². The molecule has 1 heterocycles. The molecule has 0 aliphatic carbocycles. The summed E-state index contributed by atoms with van der Waals surface area (Å²) in [5, 5.41) is 28.7. The minimum Gasteiger partial charge on any atom is -0.394 e. The fourth-order valence-electron chi connectivity index (χ4n) is 2.16. The number of aliphatic hydroxyl groups is 3. The maximum atomic E-state index is 9.89. The summed E-state index contributed by atoms with van der Waals surface area (Å²) in [5.74, 6) is -0.360. The predicted octanol–water partition coefficient (Wildman–Crippen LogP) is 0.278. The van der Waals surface area contributed by atoms with E-state index in [1.807, 2.05) is 30.3 Å². The molecule has 5 nitrogen and oxygen atoms in total. The first-order chi connectivity index (χ1) is 9.13. The van der Waals surface area contributed by atoms with Crippen LogP contribution >= 0.6 is 0 Å². The first kappa shape index (κ1) is 14.4. The van der Waals surface area contributed by atoms with Gasteiger partial charge in [-0.2, -0.15) is 0 Å². The van der Waals surface area contributed by atoms with Gasteiger partial charge in [0.1, 0.15) is 12.2 Å². The molecule has 0 aromatic heterocycles. The van der Waals surface area contributed by atoms with Gasteiger partial charge in [-0.1, -0.05) is 37.3 Å². The molecule has 106 valence electrons. The first-order valence-electron chi connectivity index (χ1n) is 6.41. The highest BCUT2D eigenvalue weighted by atomic mass is 16.7. The summed E-state index contributed by atoms with van der Waals surface area (Å²) in [6, 6.07) is 9.62. The zero-order chi connectivity index (χ0) is 13.8. The summed E-state index contributed by atoms with van der Waals surface area (Å²) in [7, 11) is 0. The quantitative estimate of drug-likeness (QED) is 0.731. The van der Waals surface area contributed by atoms with Gasteiger partial charge in [-0.15, -0.1) is 0 Å². The molecule has 1 aliphatic heterocycles. The second-order valence-electron chi connectivity index (χ2n) is 4.86. The van der Waals surface area contributed by atoms with Crippen LogP contribution in [0.25, 0.3) is 0 Å². The van der Waals surface area contributed by atoms with Gasteiger partial charge >= 0.3 is 0 Å². The summed E-state index contributed by atoms with van der Waals surface area (Å²) in [6.07, 6.45) is -3.51. The van der Waals surface area contributed by atoms with E-state index in [0.29, 0.717) is 6.61 Å². The van der Waals surface area contributed by atoms with Crippen molar-refractivity contribution in [3.63, 3.8) is 0 Å². The topological polar surface area (TPSA) is 79.2 Å². The van der Waals surface area contributed by atoms with Crippen molar-refractivity contribution in [2.45, 2.75) is 38.1 Å². The number of rotatable bonds is 4. The van der Waals surface area contributed by atoms with Crippen molar-refractivity contribution in [1.82, 2.24) is 0 Å². The lowest BCUT2D eigenvalue weighted by Crippen LogP contribution is -2.55. The lowest BCUT2D eigenvalue weighted by atomic mass is 9.92. The third-order valence-electron chi connectivity index (χ3n) is 3.44. The van der Waals surface area contributed by atoms with Gasteiger partial charge in [0.15, 0.2) is 6.29 Å². The summed E-state index contributed by atoms with van der Waals surface area (Å²) in [6.45, 7) is 1.75. The Morgan fingerprint density at radius 3 is 2.47 bits per heavy atom. The highest BCUT2D eigenvalue weighted by Gasteiger charge is 2.42. The maximum Gasteiger partial charge on any atom is 0.163 e. The molecule has 0 amide bonds. The van der Waals surface area contributed by atoms with Gasteiger partial charge in [0.25, 0.3) is 0 Å². The monoisotopic (exact) mass is 268 g/mol. The van der Waals surface area contributed by atoms with E-state index in [-0.39, 0.29) is 12.5 Å². The van der Waals surface area contributed by atoms with E-state index in [9.17, 15) is 10.2 Å². The number of benzene rings is 1. The first-order valence-corrected chi connectivity index (χ1v) is 6.41. The Morgan fingerprint density at radius 2 is 1.84 bits per heavy atom. The molecule has 0 saturated carbocycles. The molecule has 0 bridgehead atoms. The highest BCUT2D eigenvalue weighted by Crippen LogP contribution is 2.27. The van der Waals surface area contributed by atoms with Crippen LogP contribution in [0.15, 0.2) is 30.3 Å². The Balaban J connectivity index is 1.95. The van der Waals surface area contributed by atoms with Crippen LogP contribution in [0.2, 0.25) is 0 Å². The van der Waals surface area contributed by atoms with Crippen molar-refractivity contribution < 1.29 is 24.8 Å². The predicted molar refractivity (Wildman–Crippen MR) is 68.2 cm³/mol. The Hall–Kier alpha value is -0.980. The molecule has 1 aliphatic rings. The van der Waals surface area contributed by atoms with Gasteiger partial charge in [-0.25, -0.2) is 0 Å². The fraction of sp³-hybridized carbons (Fsp3) is 0.571. The van der Waals surface area contributed by atoms with Crippen LogP contribution in [0.3, 0.4) is 0 Å². The van der Waals surface area contributed by atoms with Crippen molar-refractivity contribution in [2.24, 2.45) is 5.92 Å². The Morgan fingerprint density at radius 1 is 1.16 bits per heavy atom. The van der Waals surface area contributed by atoms with Crippen molar-refractivity contribution in [3.05, 3.63) is 35.9 Å². The Bertz CT molecular complexity index is 381. The van der Waals surface area contributed by atoms with Crippen LogP contribution in [0.5, 0.6) is 0 Å². The molecule has 2 unspecified atom stereocenters. The van der Waals surface area contributed by atoms with Gasteiger partial charge in [-0.3, -0.25) is 0 Å². The van der Waals surface area contributed by atoms with Crippen molar-refractivity contribution in [2.75, 3.05) is 6.61 Å². The van der Waals surface area contributed by atoms with Gasteiger partial charge in [-0.05, 0) is 5.56 Å². The van der Waals surface area contributed by atoms with Crippen molar-refractivity contribution >= 4 is 0 Å². The number of hydrogen-bond acceptors (Lipinski definition) is 5. The van der Waals surface area contributed by atoms with Crippen LogP contribution in [0.1, 0.15) is 12.5 Å². The molecular weight excluding hydrogens is 248 g/mol. The standard InChI is InChI=1S/C14H20O5/c1-9-12(16)13(17)11(7-15)19-14(9)18-8-10-5-3-2-4-6-10/h2-6,9,11-17H,7-8H2,1H3/t9-,11?,12?,13+,14+/m0/s1. The molecule has 1 saturated heterocycles. The molecule has 3 N–H and O–H groups in total. The highest BCUT2D eigenvalue weighted by molar-refractivity contribution is 5.13. The number of ether oxygens (including phenoxy) is 2. The molecule has 1 fully saturated rings. The van der Waals surface area contributed by atoms with E-state index >= 15 is 0 Å². The summed E-state index contributed by atoms with van der Waals surface area (Å²) in [5.41, 5.74) is 1.000. The molecular formula is C14H20O5. The third-order valence-corrected chi connectivity index (χ3v) is 3.44. The second kappa shape index (κ2) is 6.45. The smallest absolute Gasteiger partial charge is 0.163 e. The van der Waals surface area contributed by atoms with Crippen LogP contribution in [0.4, 0.5) is 0 Å². The van der Waals surface area contributed by atoms with E-state index in [1.54, 1.807) is 6.92 Å². The fourth-order valence-corrected chi connectivity index (χ4v) is 2.16.